The topological polar surface area (TPSA) is 38.0 Å². The fraction of sp³-hybridized carbons (Fsp3) is 0.0769. The summed E-state index contributed by atoms with van der Waals surface area (Å²) in [6, 6.07) is 8.80. The summed E-state index contributed by atoms with van der Waals surface area (Å²) in [6.07, 6.45) is 0. The van der Waals surface area contributed by atoms with E-state index in [0.717, 1.165) is 15.0 Å². The van der Waals surface area contributed by atoms with Gasteiger partial charge in [0.15, 0.2) is 11.6 Å². The summed E-state index contributed by atoms with van der Waals surface area (Å²) < 4.78 is 28.7. The first kappa shape index (κ1) is 14.6. The third-order valence-corrected chi connectivity index (χ3v) is 3.94. The first-order chi connectivity index (χ1) is 9.04. The molecule has 2 aromatic carbocycles. The molecule has 2 aromatic rings. The maximum Gasteiger partial charge on any atom is 0.163 e. The van der Waals surface area contributed by atoms with Crippen molar-refractivity contribution in [1.29, 1.82) is 0 Å². The Morgan fingerprint density at radius 2 is 1.79 bits per heavy atom. The van der Waals surface area contributed by atoms with E-state index in [9.17, 15) is 8.78 Å². The van der Waals surface area contributed by atoms with Crippen LogP contribution in [-0.4, -0.2) is 0 Å². The zero-order valence-corrected chi connectivity index (χ0v) is 12.8. The molecule has 0 radical (unpaired) electrons. The quantitative estimate of drug-likeness (QED) is 0.612. The average molecular weight is 392 g/mol. The Balaban J connectivity index is 2.56. The van der Waals surface area contributed by atoms with Gasteiger partial charge >= 0.3 is 0 Å². The van der Waals surface area contributed by atoms with Gasteiger partial charge in [0.05, 0.1) is 6.04 Å². The van der Waals surface area contributed by atoms with Gasteiger partial charge in [-0.05, 0) is 29.8 Å². The van der Waals surface area contributed by atoms with Gasteiger partial charge in [0, 0.05) is 14.5 Å². The minimum atomic E-state index is -0.905. The van der Waals surface area contributed by atoms with Crippen molar-refractivity contribution in [2.75, 3.05) is 0 Å². The van der Waals surface area contributed by atoms with Gasteiger partial charge in [-0.2, -0.15) is 0 Å². The van der Waals surface area contributed by atoms with Crippen molar-refractivity contribution in [2.45, 2.75) is 6.04 Å². The highest BCUT2D eigenvalue weighted by Gasteiger charge is 2.21. The van der Waals surface area contributed by atoms with E-state index in [-0.39, 0.29) is 5.56 Å². The highest BCUT2D eigenvalue weighted by Crippen LogP contribution is 2.32. The van der Waals surface area contributed by atoms with Crippen LogP contribution in [-0.2, 0) is 0 Å². The van der Waals surface area contributed by atoms with Crippen LogP contribution in [0.25, 0.3) is 0 Å². The van der Waals surface area contributed by atoms with Crippen molar-refractivity contribution < 1.29 is 8.78 Å². The Hall–Kier alpha value is -0.820. The van der Waals surface area contributed by atoms with Gasteiger partial charge in [-0.1, -0.05) is 44.0 Å². The Labute approximate surface area is 126 Å². The number of hydrazine groups is 1. The van der Waals surface area contributed by atoms with Gasteiger partial charge in [-0.15, -0.1) is 0 Å². The lowest BCUT2D eigenvalue weighted by atomic mass is 9.99. The predicted octanol–water partition coefficient (Wildman–Crippen LogP) is 4.04. The van der Waals surface area contributed by atoms with Gasteiger partial charge in [-0.3, -0.25) is 5.84 Å². The van der Waals surface area contributed by atoms with Crippen LogP contribution in [0.2, 0.25) is 0 Å². The highest BCUT2D eigenvalue weighted by atomic mass is 79.9. The van der Waals surface area contributed by atoms with Crippen molar-refractivity contribution in [3.63, 3.8) is 0 Å². The van der Waals surface area contributed by atoms with Crippen LogP contribution in [0.15, 0.2) is 45.3 Å². The van der Waals surface area contributed by atoms with Crippen LogP contribution in [0, 0.1) is 11.6 Å². The summed E-state index contributed by atoms with van der Waals surface area (Å²) in [5, 5.41) is 0. The normalized spacial score (nSPS) is 12.5. The number of halogens is 4. The zero-order chi connectivity index (χ0) is 14.0. The molecule has 0 amide bonds. The smallest absolute Gasteiger partial charge is 0.163 e. The van der Waals surface area contributed by atoms with E-state index in [1.807, 2.05) is 6.07 Å². The average Bonchev–Trinajstić information content (AvgIpc) is 2.39. The Kier molecular flexibility index (Phi) is 4.67. The standard InChI is InChI=1S/C13H10Br2F2N2/c14-7-4-5-10(15)9(6-7)13(19-18)8-2-1-3-11(16)12(8)17/h1-6,13,19H,18H2. The number of nitrogens with two attached hydrogens (primary N) is 1. The molecule has 0 saturated heterocycles. The first-order valence-electron chi connectivity index (χ1n) is 5.39. The Bertz CT molecular complexity index is 603. The van der Waals surface area contributed by atoms with Crippen LogP contribution in [0.5, 0.6) is 0 Å². The number of nitrogens with one attached hydrogen (secondary N) is 1. The fourth-order valence-electron chi connectivity index (χ4n) is 1.83. The molecule has 0 aliphatic carbocycles. The van der Waals surface area contributed by atoms with E-state index in [4.69, 9.17) is 5.84 Å². The number of benzene rings is 2. The zero-order valence-electron chi connectivity index (χ0n) is 9.63. The minimum absolute atomic E-state index is 0.154. The van der Waals surface area contributed by atoms with E-state index >= 15 is 0 Å². The summed E-state index contributed by atoms with van der Waals surface area (Å²) in [5.74, 6) is 3.70. The van der Waals surface area contributed by atoms with Gasteiger partial charge in [0.25, 0.3) is 0 Å². The summed E-state index contributed by atoms with van der Waals surface area (Å²) in [4.78, 5) is 0. The van der Waals surface area contributed by atoms with E-state index in [1.54, 1.807) is 12.1 Å². The van der Waals surface area contributed by atoms with Crippen molar-refractivity contribution in [3.8, 4) is 0 Å². The molecule has 0 fully saturated rings. The molecule has 0 spiro atoms. The molecule has 100 valence electrons. The molecule has 0 aromatic heterocycles. The molecule has 2 rings (SSSR count). The molecule has 0 aliphatic heterocycles. The molecule has 19 heavy (non-hydrogen) atoms. The lowest BCUT2D eigenvalue weighted by Crippen LogP contribution is -2.30. The molecular weight excluding hydrogens is 382 g/mol. The molecule has 0 heterocycles. The number of hydrogen-bond acceptors (Lipinski definition) is 2. The van der Waals surface area contributed by atoms with E-state index in [2.05, 4.69) is 37.3 Å². The van der Waals surface area contributed by atoms with Crippen molar-refractivity contribution >= 4 is 31.9 Å². The second-order valence-electron chi connectivity index (χ2n) is 3.91. The second-order valence-corrected chi connectivity index (χ2v) is 5.68. The number of hydrogen-bond donors (Lipinski definition) is 2. The third-order valence-electron chi connectivity index (χ3n) is 2.73. The Morgan fingerprint density at radius 3 is 2.47 bits per heavy atom. The summed E-state index contributed by atoms with van der Waals surface area (Å²) >= 11 is 6.72. The first-order valence-corrected chi connectivity index (χ1v) is 6.98. The van der Waals surface area contributed by atoms with E-state index in [1.165, 1.54) is 12.1 Å². The molecule has 6 heteroatoms. The molecule has 0 bridgehead atoms. The molecule has 0 saturated carbocycles. The molecule has 3 N–H and O–H groups in total. The van der Waals surface area contributed by atoms with Crippen LogP contribution < -0.4 is 11.3 Å². The van der Waals surface area contributed by atoms with Crippen molar-refractivity contribution in [3.05, 3.63) is 68.1 Å². The Morgan fingerprint density at radius 1 is 1.05 bits per heavy atom. The van der Waals surface area contributed by atoms with Crippen LogP contribution >= 0.6 is 31.9 Å². The van der Waals surface area contributed by atoms with Gasteiger partial charge in [-0.25, -0.2) is 14.2 Å². The minimum Gasteiger partial charge on any atom is -0.271 e. The van der Waals surface area contributed by atoms with E-state index in [0.29, 0.717) is 5.56 Å². The maximum absolute atomic E-state index is 13.9. The van der Waals surface area contributed by atoms with Crippen LogP contribution in [0.3, 0.4) is 0 Å². The lowest BCUT2D eigenvalue weighted by Gasteiger charge is -2.19. The molecule has 1 atom stereocenters. The largest absolute Gasteiger partial charge is 0.271 e. The summed E-state index contributed by atoms with van der Waals surface area (Å²) in [6.45, 7) is 0. The molecular formula is C13H10Br2F2N2. The highest BCUT2D eigenvalue weighted by molar-refractivity contribution is 9.11. The monoisotopic (exact) mass is 390 g/mol. The number of rotatable bonds is 3. The van der Waals surface area contributed by atoms with Crippen LogP contribution in [0.4, 0.5) is 8.78 Å². The van der Waals surface area contributed by atoms with Gasteiger partial charge in [0.2, 0.25) is 0 Å². The maximum atomic E-state index is 13.9. The summed E-state index contributed by atoms with van der Waals surface area (Å²) in [5.41, 5.74) is 3.38. The molecule has 1 unspecified atom stereocenters. The molecule has 2 nitrogen and oxygen atoms in total. The second kappa shape index (κ2) is 6.09. The SMILES string of the molecule is NNC(c1cc(Br)ccc1Br)c1cccc(F)c1F. The predicted molar refractivity (Wildman–Crippen MR) is 77.4 cm³/mol. The van der Waals surface area contributed by atoms with Crippen molar-refractivity contribution in [1.82, 2.24) is 5.43 Å². The van der Waals surface area contributed by atoms with Gasteiger partial charge in [0.1, 0.15) is 0 Å². The van der Waals surface area contributed by atoms with Gasteiger partial charge < -0.3 is 0 Å². The van der Waals surface area contributed by atoms with Crippen molar-refractivity contribution in [2.24, 2.45) is 5.84 Å². The van der Waals surface area contributed by atoms with Crippen LogP contribution in [0.1, 0.15) is 17.2 Å². The van der Waals surface area contributed by atoms with E-state index < -0.39 is 17.7 Å². The summed E-state index contributed by atoms with van der Waals surface area (Å²) in [7, 11) is 0. The molecule has 0 aliphatic rings. The fourth-order valence-corrected chi connectivity index (χ4v) is 2.68. The lowest BCUT2D eigenvalue weighted by molar-refractivity contribution is 0.483. The third kappa shape index (κ3) is 3.02.